The van der Waals surface area contributed by atoms with Crippen molar-refractivity contribution in [2.24, 2.45) is 5.92 Å². The van der Waals surface area contributed by atoms with Crippen LogP contribution in [-0.4, -0.2) is 31.1 Å². The van der Waals surface area contributed by atoms with Crippen molar-refractivity contribution in [3.63, 3.8) is 0 Å². The first-order valence-corrected chi connectivity index (χ1v) is 6.80. The van der Waals surface area contributed by atoms with Gasteiger partial charge < -0.3 is 15.0 Å². The highest BCUT2D eigenvalue weighted by Crippen LogP contribution is 2.22. The number of anilines is 1. The second-order valence-corrected chi connectivity index (χ2v) is 5.30. The lowest BCUT2D eigenvalue weighted by atomic mass is 10.0. The van der Waals surface area contributed by atoms with Crippen molar-refractivity contribution >= 4 is 11.7 Å². The van der Waals surface area contributed by atoms with Crippen molar-refractivity contribution in [2.75, 3.05) is 25.5 Å². The molecule has 1 aromatic rings. The predicted octanol–water partition coefficient (Wildman–Crippen LogP) is 3.27. The zero-order chi connectivity index (χ0) is 13.8. The Morgan fingerprint density at radius 2 is 2.26 bits per heavy atom. The Morgan fingerprint density at radius 3 is 2.89 bits per heavy atom. The minimum Gasteiger partial charge on any atom is -0.497 e. The molecule has 1 unspecified atom stereocenters. The first-order chi connectivity index (χ1) is 9.10. The molecule has 2 rings (SSSR count). The maximum atomic E-state index is 12.2. The van der Waals surface area contributed by atoms with Gasteiger partial charge in [-0.2, -0.15) is 0 Å². The minimum absolute atomic E-state index is 0.000170. The molecule has 1 N–H and O–H groups in total. The molecule has 0 saturated carbocycles. The summed E-state index contributed by atoms with van der Waals surface area (Å²) in [4.78, 5) is 14.1. The maximum Gasteiger partial charge on any atom is 0.321 e. The number of rotatable bonds is 2. The summed E-state index contributed by atoms with van der Waals surface area (Å²) in [5, 5.41) is 2.98. The Bertz CT molecular complexity index is 459. The third kappa shape index (κ3) is 3.40. The van der Waals surface area contributed by atoms with Crippen LogP contribution in [0.1, 0.15) is 25.3 Å². The molecule has 4 heteroatoms. The lowest BCUT2D eigenvalue weighted by molar-refractivity contribution is 0.182. The molecule has 1 heterocycles. The second kappa shape index (κ2) is 5.95. The molecule has 0 radical (unpaired) electrons. The van der Waals surface area contributed by atoms with Crippen LogP contribution in [0.2, 0.25) is 0 Å². The van der Waals surface area contributed by atoms with Crippen molar-refractivity contribution in [1.29, 1.82) is 0 Å². The highest BCUT2D eigenvalue weighted by atomic mass is 16.5. The van der Waals surface area contributed by atoms with Gasteiger partial charge in [-0.15, -0.1) is 0 Å². The van der Waals surface area contributed by atoms with Gasteiger partial charge in [0.05, 0.1) is 7.11 Å². The fourth-order valence-electron chi connectivity index (χ4n) is 2.47. The highest BCUT2D eigenvalue weighted by molar-refractivity contribution is 5.90. The number of carbonyl (C=O) groups excluding carboxylic acids is 1. The van der Waals surface area contributed by atoms with Crippen LogP contribution in [0.4, 0.5) is 10.5 Å². The average molecular weight is 262 g/mol. The summed E-state index contributed by atoms with van der Waals surface area (Å²) in [6.07, 6.45) is 2.31. The van der Waals surface area contributed by atoms with Crippen molar-refractivity contribution in [2.45, 2.75) is 26.7 Å². The van der Waals surface area contributed by atoms with E-state index in [2.05, 4.69) is 12.2 Å². The third-order valence-corrected chi connectivity index (χ3v) is 3.62. The number of amides is 2. The van der Waals surface area contributed by atoms with E-state index in [9.17, 15) is 4.79 Å². The normalized spacial score (nSPS) is 19.1. The Balaban J connectivity index is 2.02. The Morgan fingerprint density at radius 1 is 1.47 bits per heavy atom. The maximum absolute atomic E-state index is 12.2. The molecule has 1 aliphatic heterocycles. The number of benzene rings is 1. The summed E-state index contributed by atoms with van der Waals surface area (Å²) in [6.45, 7) is 5.86. The lowest BCUT2D eigenvalue weighted by Crippen LogP contribution is -2.41. The molecule has 0 aliphatic carbocycles. The summed E-state index contributed by atoms with van der Waals surface area (Å²) in [5.41, 5.74) is 1.86. The smallest absolute Gasteiger partial charge is 0.321 e. The van der Waals surface area contributed by atoms with E-state index in [0.29, 0.717) is 5.92 Å². The lowest BCUT2D eigenvalue weighted by Gasteiger charge is -2.31. The van der Waals surface area contributed by atoms with Gasteiger partial charge in [0.1, 0.15) is 5.75 Å². The fraction of sp³-hybridized carbons (Fsp3) is 0.533. The number of nitrogens with zero attached hydrogens (tertiary/aromatic N) is 1. The van der Waals surface area contributed by atoms with E-state index in [4.69, 9.17) is 4.74 Å². The van der Waals surface area contributed by atoms with Gasteiger partial charge in [-0.1, -0.05) is 6.92 Å². The van der Waals surface area contributed by atoms with Gasteiger partial charge in [0.15, 0.2) is 0 Å². The molecule has 2 amide bonds. The van der Waals surface area contributed by atoms with Gasteiger partial charge >= 0.3 is 6.03 Å². The zero-order valence-corrected chi connectivity index (χ0v) is 11.9. The van der Waals surface area contributed by atoms with E-state index in [1.165, 1.54) is 6.42 Å². The van der Waals surface area contributed by atoms with Gasteiger partial charge in [0, 0.05) is 18.8 Å². The standard InChI is InChI=1S/C15H22N2O2/c1-11-5-4-8-17(10-11)15(18)16-14-7-6-13(19-3)9-12(14)2/h6-7,9,11H,4-5,8,10H2,1-3H3,(H,16,18). The van der Waals surface area contributed by atoms with Crippen LogP contribution in [0.15, 0.2) is 18.2 Å². The first kappa shape index (κ1) is 13.7. The van der Waals surface area contributed by atoms with Crippen LogP contribution >= 0.6 is 0 Å². The monoisotopic (exact) mass is 262 g/mol. The van der Waals surface area contributed by atoms with Crippen LogP contribution < -0.4 is 10.1 Å². The van der Waals surface area contributed by atoms with Crippen LogP contribution in [0.5, 0.6) is 5.75 Å². The van der Waals surface area contributed by atoms with Crippen molar-refractivity contribution in [3.8, 4) is 5.75 Å². The number of hydrogen-bond acceptors (Lipinski definition) is 2. The van der Waals surface area contributed by atoms with Gasteiger partial charge in [0.2, 0.25) is 0 Å². The molecule has 1 atom stereocenters. The van der Waals surface area contributed by atoms with Gasteiger partial charge in [-0.25, -0.2) is 4.79 Å². The fourth-order valence-corrected chi connectivity index (χ4v) is 2.47. The van der Waals surface area contributed by atoms with Crippen LogP contribution in [0.3, 0.4) is 0 Å². The summed E-state index contributed by atoms with van der Waals surface area (Å²) in [5.74, 6) is 1.40. The summed E-state index contributed by atoms with van der Waals surface area (Å²) < 4.78 is 5.16. The number of aryl methyl sites for hydroxylation is 1. The van der Waals surface area contributed by atoms with Crippen LogP contribution in [0, 0.1) is 12.8 Å². The molecule has 1 fully saturated rings. The highest BCUT2D eigenvalue weighted by Gasteiger charge is 2.21. The van der Waals surface area contributed by atoms with Gasteiger partial charge in [0.25, 0.3) is 0 Å². The van der Waals surface area contributed by atoms with Crippen molar-refractivity contribution in [3.05, 3.63) is 23.8 Å². The molecular weight excluding hydrogens is 240 g/mol. The third-order valence-electron chi connectivity index (χ3n) is 3.62. The van der Waals surface area contributed by atoms with Crippen molar-refractivity contribution in [1.82, 2.24) is 4.90 Å². The molecule has 4 nitrogen and oxygen atoms in total. The summed E-state index contributed by atoms with van der Waals surface area (Å²) in [7, 11) is 1.64. The van der Waals surface area contributed by atoms with E-state index >= 15 is 0 Å². The van der Waals surface area contributed by atoms with E-state index in [0.717, 1.165) is 36.5 Å². The van der Waals surface area contributed by atoms with E-state index < -0.39 is 0 Å². The summed E-state index contributed by atoms with van der Waals surface area (Å²) >= 11 is 0. The molecule has 19 heavy (non-hydrogen) atoms. The molecule has 104 valence electrons. The molecule has 0 spiro atoms. The molecular formula is C15H22N2O2. The Kier molecular flexibility index (Phi) is 4.30. The first-order valence-electron chi connectivity index (χ1n) is 6.80. The largest absolute Gasteiger partial charge is 0.497 e. The molecule has 0 bridgehead atoms. The van der Waals surface area contributed by atoms with Gasteiger partial charge in [-0.3, -0.25) is 0 Å². The average Bonchev–Trinajstić information content (AvgIpc) is 2.41. The number of ether oxygens (including phenoxy) is 1. The second-order valence-electron chi connectivity index (χ2n) is 5.30. The predicted molar refractivity (Wildman–Crippen MR) is 76.7 cm³/mol. The Labute approximate surface area is 114 Å². The SMILES string of the molecule is COc1ccc(NC(=O)N2CCCC(C)C2)c(C)c1. The minimum atomic E-state index is -0.000170. The number of nitrogens with one attached hydrogen (secondary N) is 1. The van der Waals surface area contributed by atoms with Gasteiger partial charge in [-0.05, 0) is 49.4 Å². The zero-order valence-electron chi connectivity index (χ0n) is 11.9. The van der Waals surface area contributed by atoms with Crippen LogP contribution in [-0.2, 0) is 0 Å². The topological polar surface area (TPSA) is 41.6 Å². The Hall–Kier alpha value is -1.71. The van der Waals surface area contributed by atoms with E-state index in [1.54, 1.807) is 7.11 Å². The molecule has 1 aliphatic rings. The number of urea groups is 1. The van der Waals surface area contributed by atoms with Crippen LogP contribution in [0.25, 0.3) is 0 Å². The number of methoxy groups -OCH3 is 1. The molecule has 0 aromatic heterocycles. The van der Waals surface area contributed by atoms with Crippen molar-refractivity contribution < 1.29 is 9.53 Å². The number of carbonyl (C=O) groups is 1. The molecule has 1 saturated heterocycles. The molecule has 1 aromatic carbocycles. The quantitative estimate of drug-likeness (QED) is 0.888. The number of piperidine rings is 1. The number of likely N-dealkylation sites (tertiary alicyclic amines) is 1. The summed E-state index contributed by atoms with van der Waals surface area (Å²) in [6, 6.07) is 5.68. The van der Waals surface area contributed by atoms with E-state index in [-0.39, 0.29) is 6.03 Å². The van der Waals surface area contributed by atoms with E-state index in [1.807, 2.05) is 30.0 Å². The number of hydrogen-bond donors (Lipinski definition) is 1.